The van der Waals surface area contributed by atoms with Gasteiger partial charge in [0.25, 0.3) is 5.91 Å². The van der Waals surface area contributed by atoms with Gasteiger partial charge in [0, 0.05) is 17.3 Å². The van der Waals surface area contributed by atoms with Crippen LogP contribution >= 0.6 is 35.0 Å². The molecule has 3 rings (SSSR count). The molecule has 35 heavy (non-hydrogen) atoms. The van der Waals surface area contributed by atoms with Gasteiger partial charge in [-0.3, -0.25) is 9.59 Å². The molecule has 1 atom stereocenters. The smallest absolute Gasteiger partial charge is 0.337 e. The first kappa shape index (κ1) is 26.5. The van der Waals surface area contributed by atoms with E-state index in [9.17, 15) is 14.4 Å². The highest BCUT2D eigenvalue weighted by Gasteiger charge is 2.21. The summed E-state index contributed by atoms with van der Waals surface area (Å²) in [5.74, 6) is -0.414. The highest BCUT2D eigenvalue weighted by atomic mass is 35.5. The minimum atomic E-state index is -0.460. The van der Waals surface area contributed by atoms with Crippen LogP contribution in [0.3, 0.4) is 0 Å². The van der Waals surface area contributed by atoms with Gasteiger partial charge in [0.1, 0.15) is 0 Å². The fourth-order valence-corrected chi connectivity index (χ4v) is 4.48. The number of nitrogens with zero attached hydrogens (tertiary/aromatic N) is 3. The number of nitrogens with one attached hydrogen (secondary N) is 2. The summed E-state index contributed by atoms with van der Waals surface area (Å²) in [6.45, 7) is 4.25. The maximum absolute atomic E-state index is 12.7. The molecule has 3 aromatic rings. The Morgan fingerprint density at radius 3 is 2.46 bits per heavy atom. The molecule has 1 heterocycles. The van der Waals surface area contributed by atoms with E-state index < -0.39 is 12.0 Å². The van der Waals surface area contributed by atoms with Gasteiger partial charge in [-0.05, 0) is 56.3 Å². The number of hydrogen-bond donors (Lipinski definition) is 2. The van der Waals surface area contributed by atoms with Gasteiger partial charge in [0.2, 0.25) is 5.91 Å². The van der Waals surface area contributed by atoms with Crippen molar-refractivity contribution < 1.29 is 19.1 Å². The molecular weight excluding hydrogens is 513 g/mol. The molecule has 0 saturated carbocycles. The Bertz CT molecular complexity index is 1230. The van der Waals surface area contributed by atoms with Gasteiger partial charge in [0.15, 0.2) is 11.0 Å². The summed E-state index contributed by atoms with van der Waals surface area (Å²) in [6, 6.07) is 10.6. The topological polar surface area (TPSA) is 115 Å². The van der Waals surface area contributed by atoms with Crippen molar-refractivity contribution >= 4 is 58.4 Å². The Labute approximate surface area is 216 Å². The third-order valence-electron chi connectivity index (χ3n) is 4.89. The number of esters is 1. The quantitative estimate of drug-likeness (QED) is 0.303. The van der Waals surface area contributed by atoms with Crippen LogP contribution in [0.15, 0.2) is 47.6 Å². The second kappa shape index (κ2) is 12.1. The van der Waals surface area contributed by atoms with Crippen molar-refractivity contribution in [1.29, 1.82) is 0 Å². The van der Waals surface area contributed by atoms with Crippen molar-refractivity contribution in [1.82, 2.24) is 20.1 Å². The van der Waals surface area contributed by atoms with E-state index in [2.05, 4.69) is 25.6 Å². The van der Waals surface area contributed by atoms with E-state index in [1.54, 1.807) is 43.3 Å². The maximum Gasteiger partial charge on any atom is 0.337 e. The molecule has 1 aromatic heterocycles. The number of rotatable bonds is 9. The zero-order chi connectivity index (χ0) is 25.5. The molecule has 2 amide bonds. The minimum absolute atomic E-state index is 0.0952. The van der Waals surface area contributed by atoms with Crippen LogP contribution in [0.4, 0.5) is 5.69 Å². The lowest BCUT2D eigenvalue weighted by atomic mass is 10.2. The molecule has 0 aliphatic carbocycles. The Morgan fingerprint density at radius 1 is 1.11 bits per heavy atom. The number of carbonyl (C=O) groups is 3. The van der Waals surface area contributed by atoms with Crippen molar-refractivity contribution in [3.8, 4) is 0 Å². The predicted molar refractivity (Wildman–Crippen MR) is 135 cm³/mol. The van der Waals surface area contributed by atoms with E-state index >= 15 is 0 Å². The summed E-state index contributed by atoms with van der Waals surface area (Å²) in [4.78, 5) is 36.6. The zero-order valence-corrected chi connectivity index (χ0v) is 21.5. The van der Waals surface area contributed by atoms with Gasteiger partial charge >= 0.3 is 5.97 Å². The molecule has 0 unspecified atom stereocenters. The highest BCUT2D eigenvalue weighted by Crippen LogP contribution is 2.24. The van der Waals surface area contributed by atoms with Crippen LogP contribution in [-0.2, 0) is 16.1 Å². The zero-order valence-electron chi connectivity index (χ0n) is 19.2. The predicted octanol–water partition coefficient (Wildman–Crippen LogP) is 4.61. The van der Waals surface area contributed by atoms with Crippen LogP contribution in [0.25, 0.3) is 0 Å². The Hall–Kier alpha value is -3.08. The van der Waals surface area contributed by atoms with Gasteiger partial charge in [-0.15, -0.1) is 10.2 Å². The van der Waals surface area contributed by atoms with E-state index in [0.717, 1.165) is 0 Å². The average molecular weight is 536 g/mol. The summed E-state index contributed by atoms with van der Waals surface area (Å²) < 4.78 is 6.49. The number of amides is 2. The van der Waals surface area contributed by atoms with Crippen molar-refractivity contribution in [3.05, 3.63) is 69.5 Å². The molecule has 9 nitrogen and oxygen atoms in total. The molecule has 0 aliphatic rings. The Balaban J connectivity index is 1.61. The van der Waals surface area contributed by atoms with Gasteiger partial charge in [-0.1, -0.05) is 35.0 Å². The minimum Gasteiger partial charge on any atom is -0.465 e. The lowest BCUT2D eigenvalue weighted by Gasteiger charge is -2.15. The number of benzene rings is 2. The Morgan fingerprint density at radius 2 is 1.83 bits per heavy atom. The first-order chi connectivity index (χ1) is 16.7. The van der Waals surface area contributed by atoms with Crippen LogP contribution in [-0.4, -0.2) is 45.4 Å². The van der Waals surface area contributed by atoms with Crippen molar-refractivity contribution in [3.63, 3.8) is 0 Å². The third kappa shape index (κ3) is 6.74. The van der Waals surface area contributed by atoms with Crippen molar-refractivity contribution in [2.45, 2.75) is 31.6 Å². The molecule has 0 fully saturated rings. The normalized spacial score (nSPS) is 11.6. The number of methoxy groups -OCH3 is 1. The van der Waals surface area contributed by atoms with Crippen molar-refractivity contribution in [2.24, 2.45) is 0 Å². The van der Waals surface area contributed by atoms with Gasteiger partial charge < -0.3 is 19.9 Å². The molecule has 0 bridgehead atoms. The number of thioether (sulfide) groups is 1. The maximum atomic E-state index is 12.7. The molecule has 2 N–H and O–H groups in total. The molecule has 184 valence electrons. The lowest BCUT2D eigenvalue weighted by Crippen LogP contribution is -2.29. The van der Waals surface area contributed by atoms with Crippen molar-refractivity contribution in [2.75, 3.05) is 18.2 Å². The number of ether oxygens (including phenoxy) is 1. The molecule has 0 spiro atoms. The molecule has 12 heteroatoms. The van der Waals surface area contributed by atoms with E-state index in [1.165, 1.54) is 24.9 Å². The summed E-state index contributed by atoms with van der Waals surface area (Å²) in [5, 5.41) is 15.3. The monoisotopic (exact) mass is 535 g/mol. The number of anilines is 1. The average Bonchev–Trinajstić information content (AvgIpc) is 3.25. The molecule has 0 saturated heterocycles. The fourth-order valence-electron chi connectivity index (χ4n) is 3.17. The Kier molecular flexibility index (Phi) is 9.13. The van der Waals surface area contributed by atoms with E-state index in [1.807, 2.05) is 11.5 Å². The van der Waals surface area contributed by atoms with Crippen LogP contribution in [0.1, 0.15) is 46.4 Å². The van der Waals surface area contributed by atoms with Crippen LogP contribution in [0.2, 0.25) is 10.0 Å². The number of aromatic nitrogens is 3. The van der Waals surface area contributed by atoms with Crippen LogP contribution in [0.5, 0.6) is 0 Å². The van der Waals surface area contributed by atoms with E-state index in [0.29, 0.717) is 39.4 Å². The SMILES string of the molecule is CCn1c(SCC(=O)Nc2ccc(C(=O)OC)cc2)nnc1[C@H](C)NC(=O)c1ccc(Cl)cc1Cl. The van der Waals surface area contributed by atoms with Crippen LogP contribution in [0, 0.1) is 0 Å². The lowest BCUT2D eigenvalue weighted by molar-refractivity contribution is -0.113. The number of carbonyl (C=O) groups excluding carboxylic acids is 3. The molecule has 2 aromatic carbocycles. The molecule has 0 radical (unpaired) electrons. The summed E-state index contributed by atoms with van der Waals surface area (Å²) >= 11 is 13.3. The largest absolute Gasteiger partial charge is 0.465 e. The first-order valence-electron chi connectivity index (χ1n) is 10.5. The summed E-state index contributed by atoms with van der Waals surface area (Å²) in [6.07, 6.45) is 0. The van der Waals surface area contributed by atoms with Gasteiger partial charge in [-0.25, -0.2) is 4.79 Å². The van der Waals surface area contributed by atoms with Crippen LogP contribution < -0.4 is 10.6 Å². The number of halogens is 2. The molecular formula is C23H23Cl2N5O4S. The first-order valence-corrected chi connectivity index (χ1v) is 12.3. The summed E-state index contributed by atoms with van der Waals surface area (Å²) in [7, 11) is 1.31. The second-order valence-corrected chi connectivity index (χ2v) is 9.10. The fraction of sp³-hybridized carbons (Fsp3) is 0.261. The second-order valence-electron chi connectivity index (χ2n) is 7.31. The number of hydrogen-bond acceptors (Lipinski definition) is 7. The third-order valence-corrected chi connectivity index (χ3v) is 6.41. The summed E-state index contributed by atoms with van der Waals surface area (Å²) in [5.41, 5.74) is 1.25. The van der Waals surface area contributed by atoms with E-state index in [4.69, 9.17) is 23.2 Å². The van der Waals surface area contributed by atoms with E-state index in [-0.39, 0.29) is 22.6 Å². The molecule has 0 aliphatic heterocycles. The van der Waals surface area contributed by atoms with Gasteiger partial charge in [0.05, 0.1) is 35.1 Å². The highest BCUT2D eigenvalue weighted by molar-refractivity contribution is 7.99. The standard InChI is InChI=1S/C23H23Cl2N5O4S/c1-4-30-20(13(2)26-21(32)17-10-7-15(24)11-18(17)25)28-29-23(30)35-12-19(31)27-16-8-5-14(6-9-16)22(33)34-3/h5-11,13H,4,12H2,1-3H3,(H,26,32)(H,27,31)/t13-/m0/s1. The van der Waals surface area contributed by atoms with Gasteiger partial charge in [-0.2, -0.15) is 0 Å².